The van der Waals surface area contributed by atoms with Gasteiger partial charge in [0.05, 0.1) is 5.92 Å². The SMILES string of the molecule is C=CC(=O)NC1CC(C(=O)OC2(C3CCC(C)CC3)C3CC4CC2CC(C)(C4)C3)C1. The highest BCUT2D eigenvalue weighted by atomic mass is 16.6. The molecule has 0 aromatic heterocycles. The van der Waals surface area contributed by atoms with E-state index in [2.05, 4.69) is 25.7 Å². The fraction of sp³-hybridized carbons (Fsp3) is 0.846. The third-order valence-corrected chi connectivity index (χ3v) is 9.71. The third kappa shape index (κ3) is 3.33. The van der Waals surface area contributed by atoms with Crippen LogP contribution >= 0.6 is 0 Å². The van der Waals surface area contributed by atoms with Crippen LogP contribution < -0.4 is 5.32 Å². The Labute approximate surface area is 181 Å². The van der Waals surface area contributed by atoms with Gasteiger partial charge in [-0.25, -0.2) is 0 Å². The van der Waals surface area contributed by atoms with E-state index in [1.807, 2.05) is 0 Å². The van der Waals surface area contributed by atoms with Crippen molar-refractivity contribution in [1.29, 1.82) is 0 Å². The largest absolute Gasteiger partial charge is 0.458 e. The maximum atomic E-state index is 13.4. The summed E-state index contributed by atoms with van der Waals surface area (Å²) in [6.45, 7) is 8.38. The van der Waals surface area contributed by atoms with Crippen LogP contribution in [0.1, 0.15) is 84.5 Å². The van der Waals surface area contributed by atoms with E-state index in [0.717, 1.165) is 11.8 Å². The van der Waals surface area contributed by atoms with Gasteiger partial charge in [-0.05, 0) is 87.0 Å². The molecule has 0 spiro atoms. The summed E-state index contributed by atoms with van der Waals surface area (Å²) in [5, 5.41) is 2.92. The van der Waals surface area contributed by atoms with Crippen molar-refractivity contribution in [2.75, 3.05) is 0 Å². The highest BCUT2D eigenvalue weighted by Crippen LogP contribution is 2.67. The summed E-state index contributed by atoms with van der Waals surface area (Å²) in [6.07, 6.45) is 14.2. The summed E-state index contributed by atoms with van der Waals surface area (Å²) >= 11 is 0. The molecule has 2 atom stereocenters. The van der Waals surface area contributed by atoms with Crippen molar-refractivity contribution < 1.29 is 14.3 Å². The molecule has 30 heavy (non-hydrogen) atoms. The summed E-state index contributed by atoms with van der Waals surface area (Å²) in [7, 11) is 0. The van der Waals surface area contributed by atoms with Crippen molar-refractivity contribution in [2.45, 2.75) is 96.1 Å². The molecule has 6 rings (SSSR count). The lowest BCUT2D eigenvalue weighted by molar-refractivity contribution is -0.250. The Morgan fingerprint density at radius 2 is 1.60 bits per heavy atom. The maximum absolute atomic E-state index is 13.4. The first-order chi connectivity index (χ1) is 14.3. The molecule has 4 heteroatoms. The molecule has 166 valence electrons. The molecule has 6 fully saturated rings. The van der Waals surface area contributed by atoms with E-state index in [9.17, 15) is 9.59 Å². The minimum absolute atomic E-state index is 0.0235. The van der Waals surface area contributed by atoms with Gasteiger partial charge in [0.2, 0.25) is 5.91 Å². The molecular formula is C26H39NO3. The van der Waals surface area contributed by atoms with Gasteiger partial charge in [0.25, 0.3) is 0 Å². The van der Waals surface area contributed by atoms with Gasteiger partial charge in [0.15, 0.2) is 0 Å². The molecule has 0 aromatic carbocycles. The Morgan fingerprint density at radius 3 is 2.17 bits per heavy atom. The highest BCUT2D eigenvalue weighted by Gasteiger charge is 2.65. The van der Waals surface area contributed by atoms with Crippen LogP contribution in [0.3, 0.4) is 0 Å². The molecule has 6 aliphatic rings. The van der Waals surface area contributed by atoms with Gasteiger partial charge in [-0.1, -0.05) is 33.3 Å². The van der Waals surface area contributed by atoms with E-state index in [-0.39, 0.29) is 29.4 Å². The molecule has 0 heterocycles. The molecule has 4 nitrogen and oxygen atoms in total. The van der Waals surface area contributed by atoms with Crippen molar-refractivity contribution >= 4 is 11.9 Å². The van der Waals surface area contributed by atoms with Gasteiger partial charge >= 0.3 is 5.97 Å². The first-order valence-electron chi connectivity index (χ1n) is 12.5. The number of hydrogen-bond acceptors (Lipinski definition) is 3. The zero-order valence-corrected chi connectivity index (χ0v) is 18.8. The van der Waals surface area contributed by atoms with Crippen LogP contribution in [0, 0.1) is 40.9 Å². The van der Waals surface area contributed by atoms with Gasteiger partial charge < -0.3 is 10.1 Å². The van der Waals surface area contributed by atoms with Crippen LogP contribution in [0.15, 0.2) is 12.7 Å². The standard InChI is InChI=1S/C26H39NO3/c1-4-23(28)27-22-11-18(12-22)24(29)30-26(19-7-5-16(2)6-8-19)20-9-17-10-21(26)15-25(3,13-17)14-20/h4,16-22H,1,5-15H2,2-3H3,(H,27,28). The topological polar surface area (TPSA) is 55.4 Å². The zero-order valence-electron chi connectivity index (χ0n) is 18.8. The lowest BCUT2D eigenvalue weighted by atomic mass is 9.42. The number of ether oxygens (including phenoxy) is 1. The van der Waals surface area contributed by atoms with Crippen LogP contribution in [0.4, 0.5) is 0 Å². The van der Waals surface area contributed by atoms with E-state index in [1.165, 1.54) is 63.9 Å². The van der Waals surface area contributed by atoms with Gasteiger partial charge in [0, 0.05) is 17.9 Å². The van der Waals surface area contributed by atoms with Gasteiger partial charge in [-0.2, -0.15) is 0 Å². The van der Waals surface area contributed by atoms with Crippen LogP contribution in [0.25, 0.3) is 0 Å². The molecule has 2 unspecified atom stereocenters. The number of carbonyl (C=O) groups excluding carboxylic acids is 2. The average molecular weight is 414 g/mol. The molecule has 1 amide bonds. The molecule has 0 aliphatic heterocycles. The van der Waals surface area contributed by atoms with Crippen LogP contribution in [0.2, 0.25) is 0 Å². The minimum Gasteiger partial charge on any atom is -0.458 e. The lowest BCUT2D eigenvalue weighted by Crippen LogP contribution is -2.66. The zero-order chi connectivity index (χ0) is 21.1. The summed E-state index contributed by atoms with van der Waals surface area (Å²) in [5.74, 6) is 3.16. The predicted molar refractivity (Wildman–Crippen MR) is 116 cm³/mol. The van der Waals surface area contributed by atoms with Crippen LogP contribution in [-0.4, -0.2) is 23.5 Å². The molecule has 0 saturated heterocycles. The summed E-state index contributed by atoms with van der Waals surface area (Å²) < 4.78 is 6.75. The van der Waals surface area contributed by atoms with Gasteiger partial charge in [0.1, 0.15) is 5.60 Å². The second-order valence-corrected chi connectivity index (χ2v) is 12.0. The second kappa shape index (κ2) is 7.38. The Hall–Kier alpha value is -1.32. The van der Waals surface area contributed by atoms with Crippen molar-refractivity contribution in [3.8, 4) is 0 Å². The summed E-state index contributed by atoms with van der Waals surface area (Å²) in [4.78, 5) is 24.9. The number of rotatable bonds is 5. The van der Waals surface area contributed by atoms with Crippen LogP contribution in [0.5, 0.6) is 0 Å². The predicted octanol–water partition coefficient (Wildman–Crippen LogP) is 5.02. The fourth-order valence-electron chi connectivity index (χ4n) is 8.47. The number of nitrogens with one attached hydrogen (secondary N) is 1. The van der Waals surface area contributed by atoms with E-state index in [0.29, 0.717) is 36.0 Å². The average Bonchev–Trinajstić information content (AvgIpc) is 2.66. The lowest BCUT2D eigenvalue weighted by Gasteiger charge is -2.66. The van der Waals surface area contributed by atoms with Crippen molar-refractivity contribution in [2.24, 2.45) is 40.9 Å². The molecular weight excluding hydrogens is 374 g/mol. The van der Waals surface area contributed by atoms with E-state index >= 15 is 0 Å². The van der Waals surface area contributed by atoms with Crippen molar-refractivity contribution in [3.05, 3.63) is 12.7 Å². The Kier molecular flexibility index (Phi) is 5.06. The van der Waals surface area contributed by atoms with E-state index < -0.39 is 0 Å². The fourth-order valence-corrected chi connectivity index (χ4v) is 8.47. The van der Waals surface area contributed by atoms with Crippen molar-refractivity contribution in [1.82, 2.24) is 5.32 Å². The highest BCUT2D eigenvalue weighted by molar-refractivity contribution is 5.87. The molecule has 4 bridgehead atoms. The number of carbonyl (C=O) groups is 2. The summed E-state index contributed by atoms with van der Waals surface area (Å²) in [6, 6.07) is 0.0944. The van der Waals surface area contributed by atoms with Gasteiger partial charge in [-0.15, -0.1) is 0 Å². The monoisotopic (exact) mass is 413 g/mol. The van der Waals surface area contributed by atoms with Gasteiger partial charge in [-0.3, -0.25) is 9.59 Å². The second-order valence-electron chi connectivity index (χ2n) is 12.0. The first kappa shape index (κ1) is 20.6. The molecule has 0 radical (unpaired) electrons. The first-order valence-corrected chi connectivity index (χ1v) is 12.5. The van der Waals surface area contributed by atoms with Crippen LogP contribution in [-0.2, 0) is 14.3 Å². The third-order valence-electron chi connectivity index (χ3n) is 9.71. The Morgan fingerprint density at radius 1 is 0.967 bits per heavy atom. The Balaban J connectivity index is 1.34. The minimum atomic E-state index is -0.205. The summed E-state index contributed by atoms with van der Waals surface area (Å²) in [5.41, 5.74) is 0.272. The number of esters is 1. The number of hydrogen-bond donors (Lipinski definition) is 1. The smallest absolute Gasteiger partial charge is 0.309 e. The van der Waals surface area contributed by atoms with E-state index in [1.54, 1.807) is 0 Å². The molecule has 6 aliphatic carbocycles. The quantitative estimate of drug-likeness (QED) is 0.508. The van der Waals surface area contributed by atoms with E-state index in [4.69, 9.17) is 4.74 Å². The number of amides is 1. The van der Waals surface area contributed by atoms with Crippen molar-refractivity contribution in [3.63, 3.8) is 0 Å². The maximum Gasteiger partial charge on any atom is 0.309 e. The molecule has 0 aromatic rings. The molecule has 1 N–H and O–H groups in total. The Bertz CT molecular complexity index is 700. The normalized spacial score (nSPS) is 49.2. The molecule has 6 saturated carbocycles.